The smallest absolute Gasteiger partial charge is 0.233 e. The van der Waals surface area contributed by atoms with Crippen molar-refractivity contribution in [2.24, 2.45) is 23.2 Å². The van der Waals surface area contributed by atoms with Gasteiger partial charge in [0, 0.05) is 0 Å². The summed E-state index contributed by atoms with van der Waals surface area (Å²) >= 11 is -1.74. The topological polar surface area (TPSA) is 0 Å². The first-order valence-corrected chi connectivity index (χ1v) is 11.8. The molecule has 0 aliphatic rings. The molecule has 0 aliphatic carbocycles. The number of hydrogen-bond donors (Lipinski definition) is 0. The third-order valence-corrected chi connectivity index (χ3v) is 9.29. The summed E-state index contributed by atoms with van der Waals surface area (Å²) in [7, 11) is 13.0. The molecule has 0 heterocycles. The van der Waals surface area contributed by atoms with Crippen LogP contribution in [0.15, 0.2) is 0 Å². The second-order valence-electron chi connectivity index (χ2n) is 8.10. The van der Waals surface area contributed by atoms with Crippen LogP contribution in [0.3, 0.4) is 0 Å². The van der Waals surface area contributed by atoms with Crippen molar-refractivity contribution in [3.8, 4) is 0 Å². The number of rotatable bonds is 8. The average Bonchev–Trinajstić information content (AvgIpc) is 2.12. The lowest BCUT2D eigenvalue weighted by Gasteiger charge is -2.50. The molecule has 0 aliphatic heterocycles. The second kappa shape index (κ2) is 7.93. The molecule has 0 rings (SSSR count). The molecule has 0 N–H and O–H groups in total. The highest BCUT2D eigenvalue weighted by Crippen LogP contribution is 2.59. The fourth-order valence-corrected chi connectivity index (χ4v) is 5.82. The van der Waals surface area contributed by atoms with Crippen LogP contribution in [0, 0.1) is 23.2 Å². The van der Waals surface area contributed by atoms with E-state index in [1.165, 1.54) is 19.3 Å². The van der Waals surface area contributed by atoms with E-state index in [0.717, 1.165) is 0 Å². The van der Waals surface area contributed by atoms with Crippen molar-refractivity contribution >= 4 is 32.4 Å². The summed E-state index contributed by atoms with van der Waals surface area (Å²) in [6.07, 6.45) is 3.71. The van der Waals surface area contributed by atoms with Crippen molar-refractivity contribution in [1.29, 1.82) is 0 Å². The van der Waals surface area contributed by atoms with Crippen molar-refractivity contribution in [2.75, 3.05) is 0 Å². The van der Waals surface area contributed by atoms with Crippen molar-refractivity contribution in [2.45, 2.75) is 78.9 Å². The Bertz CT molecular complexity index is 231. The summed E-state index contributed by atoms with van der Waals surface area (Å²) in [5.41, 5.74) is 0.282. The Kier molecular flexibility index (Phi) is 8.40. The summed E-state index contributed by atoms with van der Waals surface area (Å²) < 4.78 is 0.0783. The summed E-state index contributed by atoms with van der Waals surface area (Å²) in [4.78, 5) is 0. The van der Waals surface area contributed by atoms with Crippen molar-refractivity contribution < 1.29 is 0 Å². The molecule has 0 aromatic rings. The van der Waals surface area contributed by atoms with Crippen LogP contribution < -0.4 is 0 Å². The molecule has 0 saturated carbocycles. The van der Waals surface area contributed by atoms with Gasteiger partial charge in [-0.2, -0.15) is 0 Å². The van der Waals surface area contributed by atoms with E-state index >= 15 is 0 Å². The van der Waals surface area contributed by atoms with E-state index in [0.29, 0.717) is 17.8 Å². The first kappa shape index (κ1) is 20.1. The zero-order valence-electron chi connectivity index (χ0n) is 14.2. The maximum atomic E-state index is 6.51. The Balaban J connectivity index is 5.58. The zero-order valence-corrected chi connectivity index (χ0v) is 16.9. The quantitative estimate of drug-likeness (QED) is 0.428. The Morgan fingerprint density at radius 1 is 0.737 bits per heavy atom. The lowest BCUT2D eigenvalue weighted by molar-refractivity contribution is 0.0918. The highest BCUT2D eigenvalue weighted by molar-refractivity contribution is 7.35. The summed E-state index contributed by atoms with van der Waals surface area (Å²) in [5.74, 6) is 2.08. The zero-order chi connectivity index (χ0) is 15.4. The predicted molar refractivity (Wildman–Crippen MR) is 92.3 cm³/mol. The van der Waals surface area contributed by atoms with Gasteiger partial charge in [-0.05, 0) is 46.7 Å². The normalized spacial score (nSPS) is 13.7. The van der Waals surface area contributed by atoms with Gasteiger partial charge in [0.2, 0.25) is 0 Å². The standard InChI is InChI=1S/C16H33.Al.2ClH/c1-12(2)9-16(15(7)8,10-13(3)4)11-14(5)6;;;/h12-14H,9-11H2,1-8H3;;2*1H/q;+2;;/p-2. The molecule has 0 nitrogen and oxygen atoms in total. The third-order valence-electron chi connectivity index (χ3n) is 4.31. The molecular weight excluding hydrogens is 290 g/mol. The van der Waals surface area contributed by atoms with Crippen LogP contribution in [0.2, 0.25) is 4.28 Å². The summed E-state index contributed by atoms with van der Waals surface area (Å²) in [5, 5.41) is 0. The van der Waals surface area contributed by atoms with Crippen LogP contribution in [-0.4, -0.2) is 12.3 Å². The molecule has 0 bridgehead atoms. The van der Waals surface area contributed by atoms with E-state index < -0.39 is 12.3 Å². The average molecular weight is 323 g/mol. The molecule has 0 amide bonds. The van der Waals surface area contributed by atoms with Gasteiger partial charge in [0.15, 0.2) is 0 Å². The molecule has 0 unspecified atom stereocenters. The van der Waals surface area contributed by atoms with E-state index in [1.54, 1.807) is 0 Å². The lowest BCUT2D eigenvalue weighted by atomic mass is 9.62. The molecular formula is C16H33AlCl2. The van der Waals surface area contributed by atoms with Gasteiger partial charge in [0.05, 0.1) is 0 Å². The fraction of sp³-hybridized carbons (Fsp3) is 1.00. The van der Waals surface area contributed by atoms with Gasteiger partial charge in [-0.15, -0.1) is 0 Å². The minimum Gasteiger partial charge on any atom is -0.233 e. The van der Waals surface area contributed by atoms with Crippen molar-refractivity contribution in [3.05, 3.63) is 0 Å². The summed E-state index contributed by atoms with van der Waals surface area (Å²) in [6, 6.07) is 0. The molecule has 3 heteroatoms. The van der Waals surface area contributed by atoms with Crippen LogP contribution in [0.25, 0.3) is 0 Å². The fourth-order valence-electron chi connectivity index (χ4n) is 3.62. The molecule has 114 valence electrons. The lowest BCUT2D eigenvalue weighted by Crippen LogP contribution is -2.42. The second-order valence-corrected chi connectivity index (χ2v) is 13.4. The van der Waals surface area contributed by atoms with E-state index in [2.05, 4.69) is 55.4 Å². The molecule has 0 saturated heterocycles. The van der Waals surface area contributed by atoms with Gasteiger partial charge in [-0.1, -0.05) is 55.4 Å². The Morgan fingerprint density at radius 3 is 1.16 bits per heavy atom. The molecule has 0 radical (unpaired) electrons. The Labute approximate surface area is 134 Å². The SMILES string of the molecule is CC(C)CC(CC(C)C)(CC(C)C)[C](C)(C)[Al]([Cl])[Cl]. The maximum absolute atomic E-state index is 6.51. The maximum Gasteiger partial charge on any atom is 0.525 e. The van der Waals surface area contributed by atoms with Crippen LogP contribution >= 0.6 is 20.1 Å². The third kappa shape index (κ3) is 5.78. The van der Waals surface area contributed by atoms with Gasteiger partial charge < -0.3 is 0 Å². The van der Waals surface area contributed by atoms with Crippen LogP contribution in [-0.2, 0) is 0 Å². The Hall–Kier alpha value is 1.11. The van der Waals surface area contributed by atoms with E-state index in [9.17, 15) is 0 Å². The molecule has 0 aromatic heterocycles. The molecule has 0 spiro atoms. The van der Waals surface area contributed by atoms with Crippen molar-refractivity contribution in [3.63, 3.8) is 0 Å². The first-order chi connectivity index (χ1) is 8.44. The Morgan fingerprint density at radius 2 is 1.00 bits per heavy atom. The molecule has 19 heavy (non-hydrogen) atoms. The number of hydrogen-bond acceptors (Lipinski definition) is 0. The molecule has 0 aromatic carbocycles. The minimum atomic E-state index is -1.74. The monoisotopic (exact) mass is 322 g/mol. The van der Waals surface area contributed by atoms with E-state index in [4.69, 9.17) is 20.1 Å². The first-order valence-electron chi connectivity index (χ1n) is 7.72. The van der Waals surface area contributed by atoms with E-state index in [-0.39, 0.29) is 9.69 Å². The highest BCUT2D eigenvalue weighted by Gasteiger charge is 2.51. The van der Waals surface area contributed by atoms with Gasteiger partial charge in [-0.25, -0.2) is 20.1 Å². The number of halogens is 2. The van der Waals surface area contributed by atoms with Crippen LogP contribution in [0.1, 0.15) is 74.7 Å². The van der Waals surface area contributed by atoms with Crippen LogP contribution in [0.4, 0.5) is 0 Å². The van der Waals surface area contributed by atoms with Gasteiger partial charge >= 0.3 is 12.3 Å². The summed E-state index contributed by atoms with van der Waals surface area (Å²) in [6.45, 7) is 18.6. The van der Waals surface area contributed by atoms with Crippen molar-refractivity contribution in [1.82, 2.24) is 0 Å². The highest BCUT2D eigenvalue weighted by atomic mass is 35.7. The largest absolute Gasteiger partial charge is 0.525 e. The van der Waals surface area contributed by atoms with Crippen LogP contribution in [0.5, 0.6) is 0 Å². The van der Waals surface area contributed by atoms with Gasteiger partial charge in [0.25, 0.3) is 0 Å². The van der Waals surface area contributed by atoms with Gasteiger partial charge in [0.1, 0.15) is 0 Å². The van der Waals surface area contributed by atoms with E-state index in [1.807, 2.05) is 0 Å². The molecule has 0 fully saturated rings. The van der Waals surface area contributed by atoms with Gasteiger partial charge in [-0.3, -0.25) is 0 Å². The minimum absolute atomic E-state index is 0.0783. The molecule has 0 atom stereocenters. The predicted octanol–water partition coefficient (Wildman–Crippen LogP) is 6.86.